The molecule has 0 aliphatic rings. The molecule has 1 aromatic rings. The number of rotatable bonds is 7. The van der Waals surface area contributed by atoms with Crippen molar-refractivity contribution in [2.45, 2.75) is 32.1 Å². The van der Waals surface area contributed by atoms with Crippen molar-refractivity contribution in [3.05, 3.63) is 28.2 Å². The molecule has 0 aliphatic carbocycles. The van der Waals surface area contributed by atoms with Crippen LogP contribution in [0, 0.1) is 0 Å². The number of carbonyl (C=O) groups is 2. The number of hydrogen-bond acceptors (Lipinski definition) is 3. The molecule has 0 saturated carbocycles. The first-order valence-corrected chi connectivity index (χ1v) is 6.53. The maximum Gasteiger partial charge on any atom is 0.303 e. The van der Waals surface area contributed by atoms with Gasteiger partial charge in [0.05, 0.1) is 5.56 Å². The van der Waals surface area contributed by atoms with Gasteiger partial charge in [-0.25, -0.2) is 0 Å². The lowest BCUT2D eigenvalue weighted by Crippen LogP contribution is -2.00. The van der Waals surface area contributed by atoms with Gasteiger partial charge in [0.1, 0.15) is 5.75 Å². The summed E-state index contributed by atoms with van der Waals surface area (Å²) in [6.45, 7) is 0. The number of halogens is 1. The summed E-state index contributed by atoms with van der Waals surface area (Å²) >= 11 is 3.24. The van der Waals surface area contributed by atoms with Crippen LogP contribution in [0.15, 0.2) is 22.7 Å². The minimum Gasteiger partial charge on any atom is -0.507 e. The van der Waals surface area contributed by atoms with Crippen LogP contribution in [0.1, 0.15) is 42.5 Å². The monoisotopic (exact) mass is 314 g/mol. The van der Waals surface area contributed by atoms with E-state index in [-0.39, 0.29) is 18.0 Å². The fourth-order valence-electron chi connectivity index (χ4n) is 1.60. The fraction of sp³-hybridized carbons (Fsp3) is 0.385. The molecular formula is C13H15BrO4. The average molecular weight is 315 g/mol. The second-order valence-corrected chi connectivity index (χ2v) is 4.95. The van der Waals surface area contributed by atoms with Crippen molar-refractivity contribution in [1.82, 2.24) is 0 Å². The molecule has 0 fully saturated rings. The number of aliphatic carboxylic acids is 1. The Bertz CT molecular complexity index is 443. The Hall–Kier alpha value is -1.36. The van der Waals surface area contributed by atoms with Crippen LogP contribution in [0.4, 0.5) is 0 Å². The third-order valence-electron chi connectivity index (χ3n) is 2.55. The molecule has 0 aliphatic heterocycles. The number of hydrogen-bond donors (Lipinski definition) is 2. The Morgan fingerprint density at radius 3 is 2.44 bits per heavy atom. The highest BCUT2D eigenvalue weighted by atomic mass is 79.9. The lowest BCUT2D eigenvalue weighted by atomic mass is 10.0. The molecule has 0 unspecified atom stereocenters. The smallest absolute Gasteiger partial charge is 0.303 e. The molecular weight excluding hydrogens is 300 g/mol. The van der Waals surface area contributed by atoms with Gasteiger partial charge in [0.2, 0.25) is 0 Å². The summed E-state index contributed by atoms with van der Waals surface area (Å²) in [6.07, 6.45) is 2.37. The molecule has 2 N–H and O–H groups in total. The second kappa shape index (κ2) is 7.16. The molecule has 0 heterocycles. The second-order valence-electron chi connectivity index (χ2n) is 4.04. The quantitative estimate of drug-likeness (QED) is 0.597. The Kier molecular flexibility index (Phi) is 5.85. The van der Waals surface area contributed by atoms with Crippen molar-refractivity contribution >= 4 is 27.7 Å². The van der Waals surface area contributed by atoms with E-state index >= 15 is 0 Å². The van der Waals surface area contributed by atoms with Gasteiger partial charge in [0.25, 0.3) is 0 Å². The van der Waals surface area contributed by atoms with Crippen LogP contribution in [-0.2, 0) is 4.79 Å². The van der Waals surface area contributed by atoms with E-state index in [9.17, 15) is 14.7 Å². The lowest BCUT2D eigenvalue weighted by Gasteiger charge is -2.04. The first-order chi connectivity index (χ1) is 8.50. The zero-order chi connectivity index (χ0) is 13.5. The maximum atomic E-state index is 11.8. The number of benzene rings is 1. The summed E-state index contributed by atoms with van der Waals surface area (Å²) in [5.41, 5.74) is 0.308. The van der Waals surface area contributed by atoms with Crippen molar-refractivity contribution in [3.63, 3.8) is 0 Å². The van der Waals surface area contributed by atoms with Crippen LogP contribution >= 0.6 is 15.9 Å². The van der Waals surface area contributed by atoms with Crippen molar-refractivity contribution in [1.29, 1.82) is 0 Å². The first kappa shape index (κ1) is 14.7. The molecule has 0 bridgehead atoms. The summed E-state index contributed by atoms with van der Waals surface area (Å²) < 4.78 is 0.745. The van der Waals surface area contributed by atoms with E-state index in [1.165, 1.54) is 6.07 Å². The standard InChI is InChI=1S/C13H15BrO4/c14-9-6-7-12(16)10(8-9)11(15)4-2-1-3-5-13(17)18/h6-8,16H,1-5H2,(H,17,18). The number of carboxylic acids is 1. The molecule has 0 spiro atoms. The van der Waals surface area contributed by atoms with E-state index in [2.05, 4.69) is 15.9 Å². The largest absolute Gasteiger partial charge is 0.507 e. The molecule has 1 aromatic carbocycles. The highest BCUT2D eigenvalue weighted by Gasteiger charge is 2.11. The fourth-order valence-corrected chi connectivity index (χ4v) is 1.97. The minimum absolute atomic E-state index is 0.0197. The first-order valence-electron chi connectivity index (χ1n) is 5.74. The Labute approximate surface area is 114 Å². The molecule has 18 heavy (non-hydrogen) atoms. The summed E-state index contributed by atoms with van der Waals surface area (Å²) in [4.78, 5) is 22.1. The van der Waals surface area contributed by atoms with Gasteiger partial charge in [-0.05, 0) is 31.0 Å². The summed E-state index contributed by atoms with van der Waals surface area (Å²) in [5, 5.41) is 18.0. The Balaban J connectivity index is 2.41. The molecule has 98 valence electrons. The van der Waals surface area contributed by atoms with E-state index < -0.39 is 5.97 Å². The third-order valence-corrected chi connectivity index (χ3v) is 3.05. The number of phenolic OH excluding ortho intramolecular Hbond substituents is 1. The molecule has 5 heteroatoms. The van der Waals surface area contributed by atoms with Gasteiger partial charge in [0, 0.05) is 17.3 Å². The van der Waals surface area contributed by atoms with Gasteiger partial charge < -0.3 is 10.2 Å². The van der Waals surface area contributed by atoms with Gasteiger partial charge in [0.15, 0.2) is 5.78 Å². The number of carboxylic acid groups (broad SMARTS) is 1. The van der Waals surface area contributed by atoms with Crippen LogP contribution < -0.4 is 0 Å². The number of carbonyl (C=O) groups excluding carboxylic acids is 1. The number of phenols is 1. The zero-order valence-electron chi connectivity index (χ0n) is 9.86. The van der Waals surface area contributed by atoms with E-state index in [1.807, 2.05) is 0 Å². The number of Topliss-reactive ketones (excluding diaryl/α,β-unsaturated/α-hetero) is 1. The molecule has 0 saturated heterocycles. The number of ketones is 1. The van der Waals surface area contributed by atoms with E-state index in [4.69, 9.17) is 5.11 Å². The van der Waals surface area contributed by atoms with Crippen molar-refractivity contribution in [2.24, 2.45) is 0 Å². The van der Waals surface area contributed by atoms with Crippen LogP contribution in [0.5, 0.6) is 5.75 Å². The highest BCUT2D eigenvalue weighted by molar-refractivity contribution is 9.10. The number of unbranched alkanes of at least 4 members (excludes halogenated alkanes) is 2. The van der Waals surface area contributed by atoms with Gasteiger partial charge in [-0.3, -0.25) is 9.59 Å². The molecule has 0 amide bonds. The van der Waals surface area contributed by atoms with Crippen molar-refractivity contribution in [3.8, 4) is 5.75 Å². The lowest BCUT2D eigenvalue weighted by molar-refractivity contribution is -0.137. The minimum atomic E-state index is -0.814. The zero-order valence-corrected chi connectivity index (χ0v) is 11.4. The molecule has 0 atom stereocenters. The van der Waals surface area contributed by atoms with E-state index in [0.29, 0.717) is 31.2 Å². The Morgan fingerprint density at radius 1 is 1.11 bits per heavy atom. The maximum absolute atomic E-state index is 11.8. The normalized spacial score (nSPS) is 10.3. The van der Waals surface area contributed by atoms with Gasteiger partial charge in [-0.1, -0.05) is 22.4 Å². The predicted octanol–water partition coefficient (Wildman–Crippen LogP) is 3.37. The van der Waals surface area contributed by atoms with Crippen LogP contribution in [-0.4, -0.2) is 22.0 Å². The summed E-state index contributed by atoms with van der Waals surface area (Å²) in [5.74, 6) is -0.955. The molecule has 1 rings (SSSR count). The van der Waals surface area contributed by atoms with Crippen molar-refractivity contribution in [2.75, 3.05) is 0 Å². The van der Waals surface area contributed by atoms with Crippen LogP contribution in [0.25, 0.3) is 0 Å². The summed E-state index contributed by atoms with van der Waals surface area (Å²) in [6, 6.07) is 4.73. The van der Waals surface area contributed by atoms with Crippen LogP contribution in [0.3, 0.4) is 0 Å². The SMILES string of the molecule is O=C(O)CCCCCC(=O)c1cc(Br)ccc1O. The summed E-state index contributed by atoms with van der Waals surface area (Å²) in [7, 11) is 0. The highest BCUT2D eigenvalue weighted by Crippen LogP contribution is 2.23. The molecule has 4 nitrogen and oxygen atoms in total. The molecule has 0 aromatic heterocycles. The Morgan fingerprint density at radius 2 is 1.78 bits per heavy atom. The van der Waals surface area contributed by atoms with Gasteiger partial charge in [-0.2, -0.15) is 0 Å². The third kappa shape index (κ3) is 4.87. The van der Waals surface area contributed by atoms with E-state index in [1.54, 1.807) is 12.1 Å². The topological polar surface area (TPSA) is 74.6 Å². The number of aromatic hydroxyl groups is 1. The van der Waals surface area contributed by atoms with Gasteiger partial charge in [-0.15, -0.1) is 0 Å². The predicted molar refractivity (Wildman–Crippen MR) is 70.9 cm³/mol. The van der Waals surface area contributed by atoms with E-state index in [0.717, 1.165) is 4.47 Å². The van der Waals surface area contributed by atoms with Gasteiger partial charge >= 0.3 is 5.97 Å². The van der Waals surface area contributed by atoms with Crippen LogP contribution in [0.2, 0.25) is 0 Å². The molecule has 0 radical (unpaired) electrons. The average Bonchev–Trinajstić information content (AvgIpc) is 2.31. The van der Waals surface area contributed by atoms with Crippen molar-refractivity contribution < 1.29 is 19.8 Å².